The average Bonchev–Trinajstić information content (AvgIpc) is 3.17. The zero-order valence-corrected chi connectivity index (χ0v) is 18.7. The number of hydrogen-bond donors (Lipinski definition) is 1. The van der Waals surface area contributed by atoms with Crippen LogP contribution in [0.3, 0.4) is 0 Å². The number of carbonyl (C=O) groups is 1. The number of unbranched alkanes of at least 4 members (excludes halogenated alkanes) is 2. The summed E-state index contributed by atoms with van der Waals surface area (Å²) in [5.74, 6) is 2.54. The molecule has 0 aromatic carbocycles. The third-order valence-electron chi connectivity index (χ3n) is 6.82. The highest BCUT2D eigenvalue weighted by molar-refractivity contribution is 5.75. The summed E-state index contributed by atoms with van der Waals surface area (Å²) in [7, 11) is 3.65. The van der Waals surface area contributed by atoms with Crippen LogP contribution in [0.1, 0.15) is 84.5 Å². The summed E-state index contributed by atoms with van der Waals surface area (Å²) in [6.45, 7) is 4.63. The van der Waals surface area contributed by atoms with Gasteiger partial charge in [0.15, 0.2) is 0 Å². The van der Waals surface area contributed by atoms with E-state index in [1.54, 1.807) is 10.5 Å². The SMILES string of the molecule is CCCC[C@H](C)CCC=C[C@@H]1[C@H]2CC(CCCCC(=O)N(C)C)=C[C@H]2C[C@H]1O. The van der Waals surface area contributed by atoms with Gasteiger partial charge in [-0.2, -0.15) is 0 Å². The smallest absolute Gasteiger partial charge is 0.222 e. The van der Waals surface area contributed by atoms with Crippen molar-refractivity contribution in [3.8, 4) is 0 Å². The molecule has 1 N–H and O–H groups in total. The van der Waals surface area contributed by atoms with Crippen molar-refractivity contribution in [2.75, 3.05) is 14.1 Å². The van der Waals surface area contributed by atoms with Gasteiger partial charge in [-0.3, -0.25) is 4.79 Å². The lowest BCUT2D eigenvalue weighted by Gasteiger charge is -2.18. The topological polar surface area (TPSA) is 40.5 Å². The average molecular weight is 390 g/mol. The fourth-order valence-corrected chi connectivity index (χ4v) is 4.97. The molecule has 0 spiro atoms. The lowest BCUT2D eigenvalue weighted by Crippen LogP contribution is -2.21. The molecule has 0 aromatic heterocycles. The van der Waals surface area contributed by atoms with Crippen molar-refractivity contribution in [3.63, 3.8) is 0 Å². The Hall–Kier alpha value is -1.09. The van der Waals surface area contributed by atoms with Gasteiger partial charge in [-0.05, 0) is 62.7 Å². The van der Waals surface area contributed by atoms with Crippen LogP contribution in [0.4, 0.5) is 0 Å². The number of hydrogen-bond acceptors (Lipinski definition) is 2. The molecule has 28 heavy (non-hydrogen) atoms. The molecule has 1 saturated carbocycles. The maximum Gasteiger partial charge on any atom is 0.222 e. The minimum absolute atomic E-state index is 0.167. The summed E-state index contributed by atoms with van der Waals surface area (Å²) in [5.41, 5.74) is 1.56. The molecule has 0 heterocycles. The van der Waals surface area contributed by atoms with E-state index in [1.807, 2.05) is 14.1 Å². The van der Waals surface area contributed by atoms with Gasteiger partial charge >= 0.3 is 0 Å². The zero-order chi connectivity index (χ0) is 20.5. The molecule has 0 aliphatic heterocycles. The summed E-state index contributed by atoms with van der Waals surface area (Å²) in [6, 6.07) is 0. The molecule has 2 aliphatic rings. The fraction of sp³-hybridized carbons (Fsp3) is 0.800. The minimum Gasteiger partial charge on any atom is -0.392 e. The molecule has 2 rings (SSSR count). The Kier molecular flexibility index (Phi) is 9.77. The Morgan fingerprint density at radius 2 is 2.07 bits per heavy atom. The van der Waals surface area contributed by atoms with Crippen LogP contribution in [0.2, 0.25) is 0 Å². The minimum atomic E-state index is -0.167. The molecule has 0 aromatic rings. The predicted octanol–water partition coefficient (Wildman–Crippen LogP) is 5.74. The van der Waals surface area contributed by atoms with Crippen molar-refractivity contribution < 1.29 is 9.90 Å². The Bertz CT molecular complexity index is 537. The van der Waals surface area contributed by atoms with Crippen LogP contribution in [0.15, 0.2) is 23.8 Å². The molecule has 0 saturated heterocycles. The molecule has 0 bridgehead atoms. The zero-order valence-electron chi connectivity index (χ0n) is 18.7. The van der Waals surface area contributed by atoms with Crippen molar-refractivity contribution in [1.82, 2.24) is 4.90 Å². The first-order chi connectivity index (χ1) is 13.4. The highest BCUT2D eigenvalue weighted by Crippen LogP contribution is 2.48. The summed E-state index contributed by atoms with van der Waals surface area (Å²) in [4.78, 5) is 13.4. The molecule has 0 radical (unpaired) electrons. The monoisotopic (exact) mass is 389 g/mol. The first-order valence-corrected chi connectivity index (χ1v) is 11.7. The van der Waals surface area contributed by atoms with Crippen molar-refractivity contribution in [1.29, 1.82) is 0 Å². The molecule has 5 atom stereocenters. The highest BCUT2D eigenvalue weighted by atomic mass is 16.3. The third kappa shape index (κ3) is 7.06. The number of amides is 1. The van der Waals surface area contributed by atoms with Crippen LogP contribution >= 0.6 is 0 Å². The van der Waals surface area contributed by atoms with Gasteiger partial charge in [-0.1, -0.05) is 56.9 Å². The molecular formula is C25H43NO2. The van der Waals surface area contributed by atoms with Gasteiger partial charge in [0.05, 0.1) is 6.10 Å². The van der Waals surface area contributed by atoms with Gasteiger partial charge in [0.25, 0.3) is 0 Å². The lowest BCUT2D eigenvalue weighted by atomic mass is 9.88. The normalized spacial score (nSPS) is 27.8. The Morgan fingerprint density at radius 3 is 2.79 bits per heavy atom. The summed E-state index contributed by atoms with van der Waals surface area (Å²) < 4.78 is 0. The van der Waals surface area contributed by atoms with Crippen LogP contribution in [0.25, 0.3) is 0 Å². The molecule has 2 aliphatic carbocycles. The maximum atomic E-state index is 11.7. The first kappa shape index (κ1) is 23.2. The van der Waals surface area contributed by atoms with Crippen molar-refractivity contribution in [2.24, 2.45) is 23.7 Å². The number of allylic oxidation sites excluding steroid dienone is 3. The Balaban J connectivity index is 1.71. The number of aliphatic hydroxyl groups excluding tert-OH is 1. The predicted molar refractivity (Wildman–Crippen MR) is 118 cm³/mol. The summed E-state index contributed by atoms with van der Waals surface area (Å²) in [5, 5.41) is 10.5. The van der Waals surface area contributed by atoms with Crippen LogP contribution in [0.5, 0.6) is 0 Å². The Labute approximate surface area is 173 Å². The van der Waals surface area contributed by atoms with Crippen LogP contribution in [-0.4, -0.2) is 36.1 Å². The number of aliphatic hydroxyl groups is 1. The van der Waals surface area contributed by atoms with E-state index in [4.69, 9.17) is 0 Å². The van der Waals surface area contributed by atoms with E-state index in [9.17, 15) is 9.90 Å². The summed E-state index contributed by atoms with van der Waals surface area (Å²) in [6.07, 6.45) is 19.3. The second-order valence-corrected chi connectivity index (χ2v) is 9.49. The van der Waals surface area contributed by atoms with Gasteiger partial charge in [0.1, 0.15) is 0 Å². The van der Waals surface area contributed by atoms with Gasteiger partial charge in [-0.15, -0.1) is 0 Å². The van der Waals surface area contributed by atoms with Crippen LogP contribution < -0.4 is 0 Å². The molecule has 3 heteroatoms. The van der Waals surface area contributed by atoms with E-state index in [0.29, 0.717) is 24.2 Å². The van der Waals surface area contributed by atoms with E-state index in [-0.39, 0.29) is 12.0 Å². The fourth-order valence-electron chi connectivity index (χ4n) is 4.97. The second kappa shape index (κ2) is 11.8. The summed E-state index contributed by atoms with van der Waals surface area (Å²) >= 11 is 0. The van der Waals surface area contributed by atoms with E-state index in [1.165, 1.54) is 25.7 Å². The highest BCUT2D eigenvalue weighted by Gasteiger charge is 2.43. The number of rotatable bonds is 12. The number of nitrogens with zero attached hydrogens (tertiary/aromatic N) is 1. The van der Waals surface area contributed by atoms with E-state index >= 15 is 0 Å². The van der Waals surface area contributed by atoms with E-state index in [2.05, 4.69) is 32.1 Å². The standard InChI is InChI=1S/C25H43NO2/c1-5-6-11-19(2)12-7-9-14-22-23-17-20(16-21(23)18-24(22)27)13-8-10-15-25(28)26(3)4/h9,14,16,19,21-24,27H,5-8,10-13,15,17-18H2,1-4H3/t19-,21-,22+,23-,24+/m0/s1. The number of fused-ring (bicyclic) bond motifs is 1. The molecule has 1 amide bonds. The quantitative estimate of drug-likeness (QED) is 0.341. The van der Waals surface area contributed by atoms with Crippen molar-refractivity contribution in [2.45, 2.75) is 90.6 Å². The van der Waals surface area contributed by atoms with Crippen molar-refractivity contribution in [3.05, 3.63) is 23.8 Å². The van der Waals surface area contributed by atoms with Gasteiger partial charge in [0.2, 0.25) is 5.91 Å². The third-order valence-corrected chi connectivity index (χ3v) is 6.82. The first-order valence-electron chi connectivity index (χ1n) is 11.7. The Morgan fingerprint density at radius 1 is 1.29 bits per heavy atom. The van der Waals surface area contributed by atoms with Crippen molar-refractivity contribution >= 4 is 5.91 Å². The van der Waals surface area contributed by atoms with Crippen LogP contribution in [0, 0.1) is 23.7 Å². The molecular weight excluding hydrogens is 346 g/mol. The lowest BCUT2D eigenvalue weighted by molar-refractivity contribution is -0.128. The molecule has 3 nitrogen and oxygen atoms in total. The largest absolute Gasteiger partial charge is 0.392 e. The van der Waals surface area contributed by atoms with Gasteiger partial charge in [0, 0.05) is 26.4 Å². The van der Waals surface area contributed by atoms with Gasteiger partial charge < -0.3 is 10.0 Å². The molecule has 1 fully saturated rings. The second-order valence-electron chi connectivity index (χ2n) is 9.49. The molecule has 160 valence electrons. The number of carbonyl (C=O) groups excluding carboxylic acids is 1. The van der Waals surface area contributed by atoms with E-state index < -0.39 is 0 Å². The van der Waals surface area contributed by atoms with Crippen LogP contribution in [-0.2, 0) is 4.79 Å². The van der Waals surface area contributed by atoms with Gasteiger partial charge in [-0.25, -0.2) is 0 Å². The molecule has 0 unspecified atom stereocenters. The van der Waals surface area contributed by atoms with E-state index in [0.717, 1.165) is 44.4 Å². The maximum absolute atomic E-state index is 11.7.